The van der Waals surface area contributed by atoms with Gasteiger partial charge in [-0.15, -0.1) is 46.2 Å². The molecule has 8 N–H and O–H groups in total. The topological polar surface area (TPSA) is 180 Å². The molecule has 3 heterocycles. The molecular formula is C34H28Cl2N6O4S4. The van der Waals surface area contributed by atoms with Gasteiger partial charge in [-0.2, -0.15) is 0 Å². The Morgan fingerprint density at radius 3 is 1.90 bits per heavy atom. The normalized spacial score (nSPS) is 10.6. The predicted molar refractivity (Wildman–Crippen MR) is 209 cm³/mol. The van der Waals surface area contributed by atoms with E-state index < -0.39 is 5.91 Å². The molecule has 0 spiro atoms. The lowest BCUT2D eigenvalue weighted by Crippen LogP contribution is -2.12. The van der Waals surface area contributed by atoms with Gasteiger partial charge in [0.05, 0.1) is 29.5 Å². The fourth-order valence-electron chi connectivity index (χ4n) is 4.49. The van der Waals surface area contributed by atoms with E-state index in [1.807, 2.05) is 55.0 Å². The molecule has 0 saturated carbocycles. The number of rotatable bonds is 10. The minimum Gasteiger partial charge on any atom is -0.426 e. The molecule has 2 amide bonds. The first kappa shape index (κ1) is 36.8. The van der Waals surface area contributed by atoms with Gasteiger partial charge in [0.2, 0.25) is 0 Å². The SMILES string of the molecule is CSc1sc(C(=N)N)cc1NC(=O)c1ccc(Oc2cc(Cl)cc(Cl)c2)o1.CSc1sc(C(=N)N)cc1NC(=O)c1cccc2ccccc12. The van der Waals surface area contributed by atoms with Crippen LogP contribution >= 0.6 is 69.4 Å². The molecular weight excluding hydrogens is 756 g/mol. The fraction of sp³-hybridized carbons (Fsp3) is 0.0588. The largest absolute Gasteiger partial charge is 0.426 e. The quantitative estimate of drug-likeness (QED) is 0.0451. The highest BCUT2D eigenvalue weighted by Crippen LogP contribution is 2.37. The van der Waals surface area contributed by atoms with Crippen molar-refractivity contribution in [3.63, 3.8) is 0 Å². The average molecular weight is 784 g/mol. The van der Waals surface area contributed by atoms with Crippen molar-refractivity contribution in [2.45, 2.75) is 8.42 Å². The number of nitrogens with two attached hydrogens (primary N) is 2. The summed E-state index contributed by atoms with van der Waals surface area (Å²) in [5.41, 5.74) is 12.9. The van der Waals surface area contributed by atoms with E-state index in [0.717, 1.165) is 19.2 Å². The van der Waals surface area contributed by atoms with Crippen LogP contribution in [0.5, 0.6) is 11.7 Å². The number of amides is 2. The van der Waals surface area contributed by atoms with Gasteiger partial charge in [0.25, 0.3) is 17.8 Å². The lowest BCUT2D eigenvalue weighted by molar-refractivity contribution is 0.0990. The zero-order valence-electron chi connectivity index (χ0n) is 26.3. The van der Waals surface area contributed by atoms with E-state index in [0.29, 0.717) is 42.5 Å². The molecule has 0 radical (unpaired) electrons. The third kappa shape index (κ3) is 9.01. The molecule has 50 heavy (non-hydrogen) atoms. The van der Waals surface area contributed by atoms with Crippen LogP contribution in [-0.2, 0) is 0 Å². The van der Waals surface area contributed by atoms with E-state index in [-0.39, 0.29) is 29.3 Å². The van der Waals surface area contributed by atoms with Gasteiger partial charge in [-0.05, 0) is 65.7 Å². The standard InChI is InChI=1S/C17H13Cl2N3O3S2.C17H15N3OS2/c1-26-17-11(7-13(27-17)15(20)21)22-16(23)12-2-3-14(25-12)24-10-5-8(18)4-9(19)6-10;1-22-17-13(9-14(23-17)15(18)19)20-16(21)12-8-4-6-10-5-2-3-7-11(10)12/h2-7H,1H3,(H3,20,21)(H,22,23);2-9H,1H3,(H3,18,19)(H,20,21). The van der Waals surface area contributed by atoms with Gasteiger partial charge in [-0.1, -0.05) is 59.6 Å². The van der Waals surface area contributed by atoms with Crippen LogP contribution in [0.1, 0.15) is 30.7 Å². The van der Waals surface area contributed by atoms with Gasteiger partial charge in [0.15, 0.2) is 5.76 Å². The lowest BCUT2D eigenvalue weighted by Gasteiger charge is -2.08. The number of fused-ring (bicyclic) bond motifs is 1. The Balaban J connectivity index is 0.000000197. The van der Waals surface area contributed by atoms with Crippen molar-refractivity contribution >= 4 is 115 Å². The van der Waals surface area contributed by atoms with Crippen molar-refractivity contribution < 1.29 is 18.7 Å². The number of nitrogens with one attached hydrogen (secondary N) is 4. The molecule has 0 saturated heterocycles. The number of halogens is 2. The molecule has 0 bridgehead atoms. The monoisotopic (exact) mass is 782 g/mol. The summed E-state index contributed by atoms with van der Waals surface area (Å²) in [6.07, 6.45) is 3.81. The van der Waals surface area contributed by atoms with Gasteiger partial charge in [0, 0.05) is 21.7 Å². The van der Waals surface area contributed by atoms with E-state index in [1.54, 1.807) is 30.3 Å². The van der Waals surface area contributed by atoms with Crippen molar-refractivity contribution in [1.82, 2.24) is 0 Å². The number of ether oxygens (including phenoxy) is 1. The second-order valence-electron chi connectivity index (χ2n) is 10.1. The molecule has 10 nitrogen and oxygen atoms in total. The summed E-state index contributed by atoms with van der Waals surface area (Å²) in [6.45, 7) is 0. The number of carbonyl (C=O) groups excluding carboxylic acids is 2. The van der Waals surface area contributed by atoms with E-state index in [1.165, 1.54) is 58.3 Å². The second kappa shape index (κ2) is 16.5. The second-order valence-corrected chi connectivity index (χ2v) is 15.2. The van der Waals surface area contributed by atoms with Crippen molar-refractivity contribution in [3.8, 4) is 11.7 Å². The first-order valence-electron chi connectivity index (χ1n) is 14.3. The fourth-order valence-corrected chi connectivity index (χ4v) is 8.27. The van der Waals surface area contributed by atoms with Crippen molar-refractivity contribution in [3.05, 3.63) is 116 Å². The van der Waals surface area contributed by atoms with Crippen LogP contribution in [0.4, 0.5) is 11.4 Å². The molecule has 256 valence electrons. The van der Waals surface area contributed by atoms with Crippen LogP contribution in [0.15, 0.2) is 97.8 Å². The maximum atomic E-state index is 12.7. The first-order chi connectivity index (χ1) is 23.9. The van der Waals surface area contributed by atoms with Crippen LogP contribution in [0, 0.1) is 10.8 Å². The van der Waals surface area contributed by atoms with E-state index >= 15 is 0 Å². The third-order valence-corrected chi connectivity index (χ3v) is 11.7. The number of hydrogen-bond donors (Lipinski definition) is 6. The molecule has 0 unspecified atom stereocenters. The molecule has 16 heteroatoms. The minimum absolute atomic E-state index is 0.0101. The summed E-state index contributed by atoms with van der Waals surface area (Å²) < 4.78 is 12.7. The summed E-state index contributed by atoms with van der Waals surface area (Å²) in [4.78, 5) is 26.4. The zero-order valence-corrected chi connectivity index (χ0v) is 31.0. The Hall–Kier alpha value is -4.44. The number of nitrogen functional groups attached to an aromatic ring is 2. The maximum absolute atomic E-state index is 12.7. The van der Waals surface area contributed by atoms with Gasteiger partial charge < -0.3 is 31.3 Å². The molecule has 0 atom stereocenters. The maximum Gasteiger partial charge on any atom is 0.291 e. The Bertz CT molecular complexity index is 2210. The van der Waals surface area contributed by atoms with Gasteiger partial charge in [-0.25, -0.2) is 0 Å². The molecule has 6 rings (SSSR count). The number of carbonyl (C=O) groups is 2. The highest BCUT2D eigenvalue weighted by molar-refractivity contribution is 8.00. The van der Waals surface area contributed by atoms with Crippen molar-refractivity contribution in [1.29, 1.82) is 10.8 Å². The Morgan fingerprint density at radius 1 is 0.760 bits per heavy atom. The van der Waals surface area contributed by atoms with Gasteiger partial charge >= 0.3 is 0 Å². The average Bonchev–Trinajstić information content (AvgIpc) is 3.83. The summed E-state index contributed by atoms with van der Waals surface area (Å²) in [6, 6.07) is 24.6. The molecule has 0 aliphatic carbocycles. The number of hydrogen-bond acceptors (Lipinski definition) is 10. The van der Waals surface area contributed by atoms with Crippen LogP contribution in [-0.4, -0.2) is 36.0 Å². The van der Waals surface area contributed by atoms with Gasteiger partial charge in [-0.3, -0.25) is 20.4 Å². The van der Waals surface area contributed by atoms with Crippen molar-refractivity contribution in [2.75, 3.05) is 23.1 Å². The zero-order chi connectivity index (χ0) is 35.9. The first-order valence-corrected chi connectivity index (χ1v) is 19.2. The van der Waals surface area contributed by atoms with E-state index in [9.17, 15) is 9.59 Å². The minimum atomic E-state index is -0.447. The van der Waals surface area contributed by atoms with E-state index in [2.05, 4.69) is 10.6 Å². The predicted octanol–water partition coefficient (Wildman–Crippen LogP) is 9.86. The van der Waals surface area contributed by atoms with Gasteiger partial charge in [0.1, 0.15) is 17.4 Å². The molecule has 0 fully saturated rings. The smallest absolute Gasteiger partial charge is 0.291 e. The highest BCUT2D eigenvalue weighted by Gasteiger charge is 2.18. The van der Waals surface area contributed by atoms with Crippen molar-refractivity contribution in [2.24, 2.45) is 11.5 Å². The number of thiophene rings is 2. The van der Waals surface area contributed by atoms with Crippen LogP contribution in [0.3, 0.4) is 0 Å². The number of thioether (sulfide) groups is 2. The number of benzene rings is 3. The summed E-state index contributed by atoms with van der Waals surface area (Å²) in [5.74, 6) is -0.0655. The summed E-state index contributed by atoms with van der Waals surface area (Å²) in [7, 11) is 0. The lowest BCUT2D eigenvalue weighted by atomic mass is 10.0. The molecule has 0 aliphatic rings. The van der Waals surface area contributed by atoms with Crippen LogP contribution in [0.25, 0.3) is 10.8 Å². The molecule has 3 aromatic carbocycles. The summed E-state index contributed by atoms with van der Waals surface area (Å²) >= 11 is 17.6. The number of amidine groups is 2. The Morgan fingerprint density at radius 2 is 1.32 bits per heavy atom. The van der Waals surface area contributed by atoms with Crippen LogP contribution in [0.2, 0.25) is 10.0 Å². The number of furan rings is 1. The summed E-state index contributed by atoms with van der Waals surface area (Å²) in [5, 5.41) is 23.5. The number of anilines is 2. The Kier molecular flexibility index (Phi) is 12.2. The highest BCUT2D eigenvalue weighted by atomic mass is 35.5. The Labute approximate surface area is 313 Å². The third-order valence-electron chi connectivity index (χ3n) is 6.69. The van der Waals surface area contributed by atoms with Crippen LogP contribution < -0.4 is 26.8 Å². The molecule has 0 aliphatic heterocycles. The molecule has 6 aromatic rings. The molecule has 3 aromatic heterocycles. The van der Waals surface area contributed by atoms with E-state index in [4.69, 9.17) is 54.6 Å².